The Morgan fingerprint density at radius 1 is 1.19 bits per heavy atom. The van der Waals surface area contributed by atoms with Crippen LogP contribution in [0.1, 0.15) is 25.0 Å². The summed E-state index contributed by atoms with van der Waals surface area (Å²) in [7, 11) is 0. The first kappa shape index (κ1) is 13.7. The van der Waals surface area contributed by atoms with Crippen LogP contribution in [0.5, 0.6) is 0 Å². The van der Waals surface area contributed by atoms with Gasteiger partial charge in [-0.25, -0.2) is 0 Å². The van der Waals surface area contributed by atoms with E-state index in [2.05, 4.69) is 22.3 Å². The zero-order valence-corrected chi connectivity index (χ0v) is 12.0. The standard InChI is InChI=1S/C17H20N2O2/c20-17(9-8-16-7-4-12-21-16)18-14-5-3-6-15(13-14)19-10-1-2-11-19/h3-7,12-13H,1-2,8-11H2,(H,18,20). The maximum atomic E-state index is 12.0. The summed E-state index contributed by atoms with van der Waals surface area (Å²) < 4.78 is 5.23. The highest BCUT2D eigenvalue weighted by atomic mass is 16.3. The first-order chi connectivity index (χ1) is 10.3. The van der Waals surface area contributed by atoms with Gasteiger partial charge in [-0.1, -0.05) is 6.07 Å². The molecule has 4 heteroatoms. The van der Waals surface area contributed by atoms with Crippen molar-refractivity contribution >= 4 is 17.3 Å². The molecule has 0 saturated carbocycles. The van der Waals surface area contributed by atoms with Crippen molar-refractivity contribution in [3.05, 3.63) is 48.4 Å². The molecule has 1 aromatic carbocycles. The minimum absolute atomic E-state index is 0.0185. The molecule has 21 heavy (non-hydrogen) atoms. The van der Waals surface area contributed by atoms with Crippen molar-refractivity contribution in [3.63, 3.8) is 0 Å². The number of amides is 1. The van der Waals surface area contributed by atoms with Crippen molar-refractivity contribution in [1.29, 1.82) is 0 Å². The second kappa shape index (κ2) is 6.48. The third kappa shape index (κ3) is 3.66. The van der Waals surface area contributed by atoms with Gasteiger partial charge in [0.2, 0.25) is 5.91 Å². The Labute approximate surface area is 124 Å². The van der Waals surface area contributed by atoms with Crippen LogP contribution in [0.2, 0.25) is 0 Å². The summed E-state index contributed by atoms with van der Waals surface area (Å²) in [6.45, 7) is 2.21. The molecular weight excluding hydrogens is 264 g/mol. The molecule has 0 atom stereocenters. The molecule has 1 aromatic heterocycles. The molecule has 0 unspecified atom stereocenters. The number of nitrogens with one attached hydrogen (secondary N) is 1. The van der Waals surface area contributed by atoms with E-state index >= 15 is 0 Å². The van der Waals surface area contributed by atoms with Crippen LogP contribution in [0.4, 0.5) is 11.4 Å². The van der Waals surface area contributed by atoms with E-state index < -0.39 is 0 Å². The molecule has 0 aliphatic carbocycles. The molecule has 1 fully saturated rings. The molecule has 1 saturated heterocycles. The normalized spacial score (nSPS) is 14.4. The summed E-state index contributed by atoms with van der Waals surface area (Å²) >= 11 is 0. The average Bonchev–Trinajstić information content (AvgIpc) is 3.19. The lowest BCUT2D eigenvalue weighted by molar-refractivity contribution is -0.116. The lowest BCUT2D eigenvalue weighted by Crippen LogP contribution is -2.18. The zero-order chi connectivity index (χ0) is 14.5. The number of furan rings is 1. The van der Waals surface area contributed by atoms with E-state index in [-0.39, 0.29) is 5.91 Å². The van der Waals surface area contributed by atoms with Gasteiger partial charge >= 0.3 is 0 Å². The van der Waals surface area contributed by atoms with E-state index in [4.69, 9.17) is 4.42 Å². The van der Waals surface area contributed by atoms with Gasteiger partial charge in [0.05, 0.1) is 6.26 Å². The van der Waals surface area contributed by atoms with Gasteiger partial charge in [0.25, 0.3) is 0 Å². The van der Waals surface area contributed by atoms with Gasteiger partial charge in [-0.2, -0.15) is 0 Å². The summed E-state index contributed by atoms with van der Waals surface area (Å²) in [6.07, 6.45) is 5.19. The third-order valence-electron chi connectivity index (χ3n) is 3.78. The SMILES string of the molecule is O=C(CCc1ccco1)Nc1cccc(N2CCCC2)c1. The largest absolute Gasteiger partial charge is 0.469 e. The second-order valence-corrected chi connectivity index (χ2v) is 5.37. The summed E-state index contributed by atoms with van der Waals surface area (Å²) in [5, 5.41) is 2.96. The number of carbonyl (C=O) groups excluding carboxylic acids is 1. The molecular formula is C17H20N2O2. The fraction of sp³-hybridized carbons (Fsp3) is 0.353. The molecule has 3 rings (SSSR count). The van der Waals surface area contributed by atoms with Gasteiger partial charge in [-0.3, -0.25) is 4.79 Å². The number of nitrogens with zero attached hydrogens (tertiary/aromatic N) is 1. The summed E-state index contributed by atoms with van der Waals surface area (Å²) in [5.74, 6) is 0.862. The van der Waals surface area contributed by atoms with Gasteiger partial charge in [0.15, 0.2) is 0 Å². The Morgan fingerprint density at radius 2 is 2.05 bits per heavy atom. The second-order valence-electron chi connectivity index (χ2n) is 5.37. The number of aryl methyl sites for hydroxylation is 1. The molecule has 0 radical (unpaired) electrons. The van der Waals surface area contributed by atoms with Crippen LogP contribution >= 0.6 is 0 Å². The van der Waals surface area contributed by atoms with Crippen LogP contribution in [0.3, 0.4) is 0 Å². The molecule has 1 aliphatic heterocycles. The van der Waals surface area contributed by atoms with Gasteiger partial charge in [-0.15, -0.1) is 0 Å². The number of benzene rings is 1. The van der Waals surface area contributed by atoms with Crippen LogP contribution in [-0.2, 0) is 11.2 Å². The van der Waals surface area contributed by atoms with Gasteiger partial charge < -0.3 is 14.6 Å². The third-order valence-corrected chi connectivity index (χ3v) is 3.78. The molecule has 1 N–H and O–H groups in total. The fourth-order valence-electron chi connectivity index (χ4n) is 2.67. The van der Waals surface area contributed by atoms with Crippen molar-refractivity contribution in [1.82, 2.24) is 0 Å². The number of rotatable bonds is 5. The Kier molecular flexibility index (Phi) is 4.24. The van der Waals surface area contributed by atoms with E-state index in [0.717, 1.165) is 24.5 Å². The van der Waals surface area contributed by atoms with E-state index in [0.29, 0.717) is 12.8 Å². The van der Waals surface area contributed by atoms with Crippen LogP contribution in [0.15, 0.2) is 47.1 Å². The maximum Gasteiger partial charge on any atom is 0.224 e. The first-order valence-corrected chi connectivity index (χ1v) is 7.48. The quantitative estimate of drug-likeness (QED) is 0.914. The molecule has 1 aliphatic rings. The Bertz CT molecular complexity index is 587. The summed E-state index contributed by atoms with van der Waals surface area (Å²) in [4.78, 5) is 14.3. The highest BCUT2D eigenvalue weighted by Gasteiger charge is 2.13. The number of carbonyl (C=O) groups is 1. The van der Waals surface area contributed by atoms with Crippen molar-refractivity contribution in [3.8, 4) is 0 Å². The lowest BCUT2D eigenvalue weighted by atomic mass is 10.2. The van der Waals surface area contributed by atoms with E-state index in [1.54, 1.807) is 6.26 Å². The number of hydrogen-bond donors (Lipinski definition) is 1. The molecule has 2 aromatic rings. The number of anilines is 2. The van der Waals surface area contributed by atoms with Crippen molar-refractivity contribution < 1.29 is 9.21 Å². The molecule has 2 heterocycles. The predicted molar refractivity (Wildman–Crippen MR) is 83.5 cm³/mol. The van der Waals surface area contributed by atoms with Crippen molar-refractivity contribution in [2.24, 2.45) is 0 Å². The lowest BCUT2D eigenvalue weighted by Gasteiger charge is -2.18. The van der Waals surface area contributed by atoms with Crippen molar-refractivity contribution in [2.75, 3.05) is 23.3 Å². The molecule has 1 amide bonds. The Morgan fingerprint density at radius 3 is 2.81 bits per heavy atom. The minimum atomic E-state index is 0.0185. The minimum Gasteiger partial charge on any atom is -0.469 e. The molecule has 0 bridgehead atoms. The van der Waals surface area contributed by atoms with Crippen LogP contribution in [0, 0.1) is 0 Å². The van der Waals surface area contributed by atoms with Crippen LogP contribution in [-0.4, -0.2) is 19.0 Å². The van der Waals surface area contributed by atoms with Gasteiger partial charge in [0, 0.05) is 37.3 Å². The van der Waals surface area contributed by atoms with Gasteiger partial charge in [-0.05, 0) is 43.2 Å². The Hall–Kier alpha value is -2.23. The topological polar surface area (TPSA) is 45.5 Å². The zero-order valence-electron chi connectivity index (χ0n) is 12.0. The smallest absolute Gasteiger partial charge is 0.224 e. The average molecular weight is 284 g/mol. The first-order valence-electron chi connectivity index (χ1n) is 7.48. The summed E-state index contributed by atoms with van der Waals surface area (Å²) in [5.41, 5.74) is 2.06. The van der Waals surface area contributed by atoms with Crippen molar-refractivity contribution in [2.45, 2.75) is 25.7 Å². The molecule has 0 spiro atoms. The highest BCUT2D eigenvalue weighted by molar-refractivity contribution is 5.91. The molecule has 110 valence electrons. The van der Waals surface area contributed by atoms with Crippen LogP contribution in [0.25, 0.3) is 0 Å². The number of hydrogen-bond acceptors (Lipinski definition) is 3. The van der Waals surface area contributed by atoms with Gasteiger partial charge in [0.1, 0.15) is 5.76 Å². The van der Waals surface area contributed by atoms with E-state index in [9.17, 15) is 4.79 Å². The fourth-order valence-corrected chi connectivity index (χ4v) is 2.67. The van der Waals surface area contributed by atoms with E-state index in [1.807, 2.05) is 24.3 Å². The highest BCUT2D eigenvalue weighted by Crippen LogP contribution is 2.23. The molecule has 4 nitrogen and oxygen atoms in total. The van der Waals surface area contributed by atoms with Crippen LogP contribution < -0.4 is 10.2 Å². The van der Waals surface area contributed by atoms with E-state index in [1.165, 1.54) is 18.5 Å². The maximum absolute atomic E-state index is 12.0. The predicted octanol–water partition coefficient (Wildman–Crippen LogP) is 3.45. The Balaban J connectivity index is 1.56. The summed E-state index contributed by atoms with van der Waals surface area (Å²) in [6, 6.07) is 11.8. The monoisotopic (exact) mass is 284 g/mol.